The van der Waals surface area contributed by atoms with Crippen molar-refractivity contribution in [3.8, 4) is 0 Å². The fourth-order valence-corrected chi connectivity index (χ4v) is 2.97. The molecule has 3 N–H and O–H groups in total. The molecule has 0 spiro atoms. The van der Waals surface area contributed by atoms with Gasteiger partial charge in [-0.25, -0.2) is 0 Å². The number of aliphatic imine (C=N–C) groups is 1. The van der Waals surface area contributed by atoms with Crippen molar-refractivity contribution in [2.24, 2.45) is 10.9 Å². The van der Waals surface area contributed by atoms with Gasteiger partial charge in [0.1, 0.15) is 0 Å². The summed E-state index contributed by atoms with van der Waals surface area (Å²) in [5.74, 6) is 1.75. The zero-order valence-corrected chi connectivity index (χ0v) is 16.0. The first-order valence-electron chi connectivity index (χ1n) is 9.59. The van der Waals surface area contributed by atoms with Crippen LogP contribution in [0.5, 0.6) is 0 Å². The molecule has 140 valence electrons. The first-order valence-corrected chi connectivity index (χ1v) is 9.59. The van der Waals surface area contributed by atoms with Crippen molar-refractivity contribution in [2.45, 2.75) is 58.9 Å². The van der Waals surface area contributed by atoms with E-state index in [0.717, 1.165) is 51.4 Å². The van der Waals surface area contributed by atoms with Gasteiger partial charge in [0.05, 0.1) is 6.54 Å². The summed E-state index contributed by atoms with van der Waals surface area (Å²) >= 11 is 0. The molecule has 24 heavy (non-hydrogen) atoms. The number of carbonyl (C=O) groups excluding carboxylic acids is 1. The third kappa shape index (κ3) is 7.99. The summed E-state index contributed by atoms with van der Waals surface area (Å²) in [7, 11) is 1.83. The number of guanidine groups is 1. The van der Waals surface area contributed by atoms with Gasteiger partial charge in [0.2, 0.25) is 5.91 Å². The van der Waals surface area contributed by atoms with Crippen LogP contribution in [0, 0.1) is 5.92 Å². The highest BCUT2D eigenvalue weighted by Crippen LogP contribution is 2.10. The predicted octanol–water partition coefficient (Wildman–Crippen LogP) is 1.58. The quantitative estimate of drug-likeness (QED) is 0.441. The Labute approximate surface area is 147 Å². The molecule has 1 fully saturated rings. The van der Waals surface area contributed by atoms with E-state index >= 15 is 0 Å². The summed E-state index contributed by atoms with van der Waals surface area (Å²) in [5, 5.41) is 9.92. The van der Waals surface area contributed by atoms with Crippen molar-refractivity contribution in [2.75, 3.05) is 39.8 Å². The summed E-state index contributed by atoms with van der Waals surface area (Å²) in [6, 6.07) is 0.438. The third-order valence-corrected chi connectivity index (χ3v) is 4.80. The monoisotopic (exact) mass is 339 g/mol. The number of nitrogens with zero attached hydrogens (tertiary/aromatic N) is 2. The van der Waals surface area contributed by atoms with Crippen LogP contribution >= 0.6 is 0 Å². The van der Waals surface area contributed by atoms with Crippen LogP contribution in [0.1, 0.15) is 52.9 Å². The lowest BCUT2D eigenvalue weighted by atomic mass is 10.0. The second-order valence-electron chi connectivity index (χ2n) is 6.68. The summed E-state index contributed by atoms with van der Waals surface area (Å²) in [6.07, 6.45) is 5.47. The van der Waals surface area contributed by atoms with Crippen molar-refractivity contribution in [3.63, 3.8) is 0 Å². The van der Waals surface area contributed by atoms with Crippen LogP contribution in [0.25, 0.3) is 0 Å². The third-order valence-electron chi connectivity index (χ3n) is 4.80. The standard InChI is InChI=1S/C18H37N5O/c1-5-10-20-17(24)14-23-11-8-16(9-12-23)22-18(19-4)21-13-15(6-2)7-3/h15-16H,5-14H2,1-4H3,(H,20,24)(H2,19,21,22). The number of piperidine rings is 1. The molecule has 0 radical (unpaired) electrons. The Hall–Kier alpha value is -1.30. The molecule has 0 aliphatic carbocycles. The minimum Gasteiger partial charge on any atom is -0.356 e. The van der Waals surface area contributed by atoms with E-state index < -0.39 is 0 Å². The maximum Gasteiger partial charge on any atom is 0.234 e. The van der Waals surface area contributed by atoms with Crippen molar-refractivity contribution in [1.29, 1.82) is 0 Å². The molecule has 0 bridgehead atoms. The van der Waals surface area contributed by atoms with Gasteiger partial charge in [-0.05, 0) is 25.2 Å². The lowest BCUT2D eigenvalue weighted by molar-refractivity contribution is -0.122. The van der Waals surface area contributed by atoms with Gasteiger partial charge in [-0.1, -0.05) is 33.6 Å². The Balaban J connectivity index is 2.27. The average Bonchev–Trinajstić information content (AvgIpc) is 2.61. The number of likely N-dealkylation sites (tertiary alicyclic amines) is 1. The Morgan fingerprint density at radius 1 is 1.17 bits per heavy atom. The van der Waals surface area contributed by atoms with Gasteiger partial charge in [-0.3, -0.25) is 14.7 Å². The van der Waals surface area contributed by atoms with Crippen LogP contribution in [0.2, 0.25) is 0 Å². The second kappa shape index (κ2) is 12.1. The minimum atomic E-state index is 0.144. The van der Waals surface area contributed by atoms with E-state index in [1.54, 1.807) is 0 Å². The molecule has 1 saturated heterocycles. The van der Waals surface area contributed by atoms with Crippen molar-refractivity contribution < 1.29 is 4.79 Å². The summed E-state index contributed by atoms with van der Waals surface area (Å²) in [5.41, 5.74) is 0. The van der Waals surface area contributed by atoms with Crippen LogP contribution in [-0.4, -0.2) is 62.6 Å². The topological polar surface area (TPSA) is 68.8 Å². The van der Waals surface area contributed by atoms with Crippen LogP contribution in [0.4, 0.5) is 0 Å². The van der Waals surface area contributed by atoms with E-state index in [1.165, 1.54) is 12.8 Å². The zero-order valence-electron chi connectivity index (χ0n) is 16.0. The molecule has 1 aliphatic heterocycles. The molecule has 0 atom stereocenters. The van der Waals surface area contributed by atoms with Crippen molar-refractivity contribution in [3.05, 3.63) is 0 Å². The first-order chi connectivity index (χ1) is 11.6. The molecule has 0 saturated carbocycles. The van der Waals surface area contributed by atoms with Gasteiger partial charge in [0.25, 0.3) is 0 Å². The van der Waals surface area contributed by atoms with Gasteiger partial charge in [-0.2, -0.15) is 0 Å². The Kier molecular flexibility index (Phi) is 10.5. The van der Waals surface area contributed by atoms with E-state index in [-0.39, 0.29) is 5.91 Å². The SMILES string of the molecule is CCCNC(=O)CN1CCC(NC(=NC)NCC(CC)CC)CC1. The summed E-state index contributed by atoms with van der Waals surface area (Å²) in [4.78, 5) is 18.4. The fraction of sp³-hybridized carbons (Fsp3) is 0.889. The van der Waals surface area contributed by atoms with E-state index in [0.29, 0.717) is 18.5 Å². The first kappa shape index (κ1) is 20.7. The normalized spacial score (nSPS) is 17.1. The molecule has 1 amide bonds. The van der Waals surface area contributed by atoms with Gasteiger partial charge in [0.15, 0.2) is 5.96 Å². The highest BCUT2D eigenvalue weighted by molar-refractivity contribution is 5.80. The van der Waals surface area contributed by atoms with E-state index in [2.05, 4.69) is 46.6 Å². The maximum atomic E-state index is 11.8. The van der Waals surface area contributed by atoms with Crippen LogP contribution in [0.15, 0.2) is 4.99 Å². The molecular weight excluding hydrogens is 302 g/mol. The molecule has 1 aliphatic rings. The zero-order chi connectivity index (χ0) is 17.8. The maximum absolute atomic E-state index is 11.8. The van der Waals surface area contributed by atoms with Crippen molar-refractivity contribution in [1.82, 2.24) is 20.9 Å². The fourth-order valence-electron chi connectivity index (χ4n) is 2.97. The van der Waals surface area contributed by atoms with E-state index in [1.807, 2.05) is 7.05 Å². The van der Waals surface area contributed by atoms with Gasteiger partial charge in [0, 0.05) is 39.3 Å². The average molecular weight is 340 g/mol. The lowest BCUT2D eigenvalue weighted by Crippen LogP contribution is -2.50. The lowest BCUT2D eigenvalue weighted by Gasteiger charge is -2.32. The number of rotatable bonds is 9. The van der Waals surface area contributed by atoms with Crippen LogP contribution in [0.3, 0.4) is 0 Å². The Bertz CT molecular complexity index is 374. The summed E-state index contributed by atoms with van der Waals surface area (Å²) < 4.78 is 0. The van der Waals surface area contributed by atoms with Gasteiger partial charge < -0.3 is 16.0 Å². The summed E-state index contributed by atoms with van der Waals surface area (Å²) in [6.45, 7) is 10.7. The molecule has 0 aromatic carbocycles. The highest BCUT2D eigenvalue weighted by atomic mass is 16.2. The molecule has 6 heteroatoms. The highest BCUT2D eigenvalue weighted by Gasteiger charge is 2.21. The number of amides is 1. The van der Waals surface area contributed by atoms with E-state index in [9.17, 15) is 4.79 Å². The molecule has 0 aromatic heterocycles. The minimum absolute atomic E-state index is 0.144. The van der Waals surface area contributed by atoms with Crippen molar-refractivity contribution >= 4 is 11.9 Å². The number of hydrogen-bond donors (Lipinski definition) is 3. The second-order valence-corrected chi connectivity index (χ2v) is 6.68. The van der Waals surface area contributed by atoms with E-state index in [4.69, 9.17) is 0 Å². The molecule has 0 unspecified atom stereocenters. The van der Waals surface area contributed by atoms with Gasteiger partial charge >= 0.3 is 0 Å². The molecule has 1 heterocycles. The largest absolute Gasteiger partial charge is 0.356 e. The number of hydrogen-bond acceptors (Lipinski definition) is 3. The molecular formula is C18H37N5O. The van der Waals surface area contributed by atoms with Crippen LogP contribution in [-0.2, 0) is 4.79 Å². The molecule has 6 nitrogen and oxygen atoms in total. The predicted molar refractivity (Wildman–Crippen MR) is 101 cm³/mol. The van der Waals surface area contributed by atoms with Gasteiger partial charge in [-0.15, -0.1) is 0 Å². The number of carbonyl (C=O) groups is 1. The molecule has 1 rings (SSSR count). The Morgan fingerprint density at radius 3 is 2.38 bits per heavy atom. The number of nitrogens with one attached hydrogen (secondary N) is 3. The Morgan fingerprint density at radius 2 is 1.83 bits per heavy atom. The molecule has 0 aromatic rings. The van der Waals surface area contributed by atoms with Crippen LogP contribution < -0.4 is 16.0 Å². The smallest absolute Gasteiger partial charge is 0.234 e.